The normalized spacial score (nSPS) is 20.7. The Kier molecular flexibility index (Phi) is 45.2. The first-order chi connectivity index (χ1) is 62.4. The number of carbonyl (C=O) groups excluding carboxylic acids is 12. The van der Waals surface area contributed by atoms with Gasteiger partial charge in [-0.1, -0.05) is 32.9 Å². The molecule has 0 radical (unpaired) electrons. The van der Waals surface area contributed by atoms with Crippen LogP contribution in [-0.2, 0) is 134 Å². The average molecular weight is 1870 g/mol. The van der Waals surface area contributed by atoms with E-state index in [1.165, 1.54) is 96.5 Å². The quantitative estimate of drug-likeness (QED) is 0.0162. The summed E-state index contributed by atoms with van der Waals surface area (Å²) in [5.74, 6) is -11.4. The van der Waals surface area contributed by atoms with Gasteiger partial charge in [0.25, 0.3) is 5.97 Å². The zero-order valence-corrected chi connectivity index (χ0v) is 74.4. The number of carboxylic acid groups (broad SMARTS) is 1. The summed E-state index contributed by atoms with van der Waals surface area (Å²) in [5, 5.41) is 62.3. The lowest BCUT2D eigenvalue weighted by atomic mass is 9.90. The minimum Gasteiger partial charge on any atom is -0.481 e. The second-order valence-corrected chi connectivity index (χ2v) is 27.9. The van der Waals surface area contributed by atoms with Crippen molar-refractivity contribution in [2.75, 3.05) is 75.7 Å². The highest BCUT2D eigenvalue weighted by molar-refractivity contribution is 5.79. The summed E-state index contributed by atoms with van der Waals surface area (Å²) < 4.78 is 94.2. The molecule has 0 aliphatic carbocycles. The summed E-state index contributed by atoms with van der Waals surface area (Å²) in [5.41, 5.74) is -1.09. The van der Waals surface area contributed by atoms with Crippen LogP contribution >= 0.6 is 0 Å². The van der Waals surface area contributed by atoms with Gasteiger partial charge in [0.05, 0.1) is 36.1 Å². The van der Waals surface area contributed by atoms with Gasteiger partial charge in [-0.05, 0) is 56.5 Å². The molecule has 3 fully saturated rings. The molecule has 53 nitrogen and oxygen atoms in total. The van der Waals surface area contributed by atoms with Crippen molar-refractivity contribution in [3.63, 3.8) is 0 Å². The van der Waals surface area contributed by atoms with E-state index in [9.17, 15) is 98.0 Å². The Hall–Kier alpha value is -14.8. The molecule has 53 heteroatoms. The van der Waals surface area contributed by atoms with Gasteiger partial charge < -0.3 is 106 Å². The minimum atomic E-state index is -1.63. The fraction of sp³-hybridized carbons (Fsp3) is 0.494. The van der Waals surface area contributed by atoms with E-state index in [1.54, 1.807) is 38.9 Å². The molecule has 0 spiro atoms. The molecule has 3 aromatic heterocycles. The van der Waals surface area contributed by atoms with Crippen molar-refractivity contribution >= 4 is 95.0 Å². The van der Waals surface area contributed by atoms with Crippen LogP contribution in [0.2, 0.25) is 0 Å². The topological polar surface area (TPSA) is 664 Å². The molecule has 132 heavy (non-hydrogen) atoms. The Morgan fingerprint density at radius 1 is 0.439 bits per heavy atom. The zero-order valence-electron chi connectivity index (χ0n) is 74.4. The van der Waals surface area contributed by atoms with E-state index in [4.69, 9.17) is 90.4 Å². The number of esters is 9. The maximum absolute atomic E-state index is 12.4. The number of nitro groups is 4. The van der Waals surface area contributed by atoms with Crippen molar-refractivity contribution in [1.82, 2.24) is 49.5 Å². The molecule has 3 aromatic carbocycles. The second kappa shape index (κ2) is 54.5. The van der Waals surface area contributed by atoms with E-state index in [0.29, 0.717) is 18.7 Å². The molecule has 4 N–H and O–H groups in total. The van der Waals surface area contributed by atoms with E-state index in [2.05, 4.69) is 30.9 Å². The molecule has 3 aliphatic heterocycles. The molecule has 722 valence electrons. The number of hydrogen-bond donors (Lipinski definition) is 4. The molecule has 0 saturated carbocycles. The number of aromatic nitrogens is 6. The molecule has 9 rings (SSSR count). The van der Waals surface area contributed by atoms with Crippen molar-refractivity contribution in [3.05, 3.63) is 168 Å². The van der Waals surface area contributed by atoms with Crippen LogP contribution in [0.15, 0.2) is 111 Å². The number of likely N-dealkylation sites (N-methyl/N-ethyl adjacent to an activating group) is 4. The molecule has 0 bridgehead atoms. The highest BCUT2D eigenvalue weighted by Crippen LogP contribution is 2.40. The van der Waals surface area contributed by atoms with Crippen molar-refractivity contribution in [2.24, 2.45) is 17.8 Å². The van der Waals surface area contributed by atoms with Crippen LogP contribution < -0.4 is 30.2 Å². The van der Waals surface area contributed by atoms with Gasteiger partial charge in [0, 0.05) is 165 Å². The number of carbonyl (C=O) groups is 13. The first kappa shape index (κ1) is 109. The van der Waals surface area contributed by atoms with Crippen LogP contribution in [0.25, 0.3) is 0 Å². The number of rotatable bonds is 30. The van der Waals surface area contributed by atoms with E-state index in [1.807, 2.05) is 14.1 Å². The summed E-state index contributed by atoms with van der Waals surface area (Å²) in [6.45, 7) is 14.1. The highest BCUT2D eigenvalue weighted by atomic mass is 16.8. The van der Waals surface area contributed by atoms with Gasteiger partial charge in [0.1, 0.15) is 32.2 Å². The summed E-state index contributed by atoms with van der Waals surface area (Å²) in [4.78, 5) is 208. The van der Waals surface area contributed by atoms with Crippen molar-refractivity contribution < 1.29 is 168 Å². The number of ether oxygens (including phenoxy) is 17. The van der Waals surface area contributed by atoms with Crippen molar-refractivity contribution in [1.29, 1.82) is 0 Å². The van der Waals surface area contributed by atoms with E-state index < -0.39 is 207 Å². The lowest BCUT2D eigenvalue weighted by molar-refractivity contribution is -0.496. The molecular weight excluding hydrogens is 1770 g/mol. The van der Waals surface area contributed by atoms with Gasteiger partial charge in [-0.3, -0.25) is 83.2 Å². The number of methoxy groups -OCH3 is 3. The monoisotopic (exact) mass is 1870 g/mol. The predicted molar refractivity (Wildman–Crippen MR) is 441 cm³/mol. The summed E-state index contributed by atoms with van der Waals surface area (Å²) in [6, 6.07) is 10.7. The average Bonchev–Trinajstić information content (AvgIpc) is 1.34. The first-order valence-corrected chi connectivity index (χ1v) is 39.2. The lowest BCUT2D eigenvalue weighted by Gasteiger charge is -2.42. The number of amides is 1. The van der Waals surface area contributed by atoms with Crippen LogP contribution in [0.4, 0.5) is 31.4 Å². The predicted octanol–water partition coefficient (Wildman–Crippen LogP) is 4.17. The third-order valence-electron chi connectivity index (χ3n) is 17.9. The van der Waals surface area contributed by atoms with Gasteiger partial charge in [0.2, 0.25) is 43.7 Å². The standard InChI is InChI=1S/C24H33N3O12.C23H25N3O12.C19H22N2O12.C7H6N4O.C4H12N2.C2H4O2/c1-13-19(36-14(2)28)21(37-15(3)29)23(39-20(13)22(30)34-6)38-18-8-7-16(11-17(18)27(32)33)12-35-24(31)26(5)10-9-25-4;1-12-18(35-13(2)27)20(36-14(3)28)22(38-19(12)21(29)33-4)37-17-6-5-15(9-16(17)26(31)32)10-34-23(30)25-8-7-24-11-25;1-9-15(30-10(2)22)17(31-11(3)23)19(33-16(9)18(24)29-4)32-14-6-5-12(8-20(25)26)7-13(14)21(27)28;12-7(10-3-1-8-5-10)11-4-2-9-6-11;1-5-3-4-6-2;1-2(3)4/h7-8,11,13,19-21,23,25H,9-10,12H2,1-6H3;5-9,11-12,18-20,22H,10H2,1-4H3;5-7,9,15-17,19H,8H2,1-4H3;1-6H;5-6H,3-4H2,1-2H3;1H3,(H,3,4)/t13-,19-,20-,21+,23+;12-,18-,19-,20+,22+;9-,15-,16-,17+,19+;;;/m000.../s1. The molecule has 6 aromatic rings. The largest absolute Gasteiger partial charge is 0.481 e. The molecule has 3 saturated heterocycles. The lowest BCUT2D eigenvalue weighted by Crippen LogP contribution is -2.60. The maximum Gasteiger partial charge on any atom is 0.419 e. The number of aliphatic carboxylic acids is 1. The number of benzene rings is 3. The SMILES string of the molecule is CC(=O)O.CNCCN(C)C(=O)OCc1ccc(O[C@@H]2O[C@H](C(=O)OC)[C@@H](C)[C@H](OC(C)=O)[C@H]2OC(C)=O)c([N+](=O)[O-])c1.CNCCNC.COC(=O)[C@H]1O[C@@H](Oc2ccc(COC(=O)n3ccnc3)cc2[N+](=O)[O-])[C@H](OC(C)=O)[C@@H](OC(C)=O)[C@@H]1C.COC(=O)[C@H]1O[C@@H](Oc2ccc(C[N+](=O)[O-])cc2[N+](=O)[O-])[C@H](OC(C)=O)[C@@H](OC(C)=O)[C@@H]1C.O=C(n1ccnc1)n1ccnc1. The fourth-order valence-electron chi connectivity index (χ4n) is 12.0. The molecular formula is C79H102N14O39. The summed E-state index contributed by atoms with van der Waals surface area (Å²) >= 11 is 0. The number of hydrogen-bond acceptors (Lipinski definition) is 44. The fourth-order valence-corrected chi connectivity index (χ4v) is 12.0. The Morgan fingerprint density at radius 2 is 0.727 bits per heavy atom. The summed E-state index contributed by atoms with van der Waals surface area (Å²) in [6.07, 6.45) is -4.79. The van der Waals surface area contributed by atoms with E-state index in [-0.39, 0.29) is 47.6 Å². The number of nitrogens with zero attached hydrogens (tertiary/aromatic N) is 11. The van der Waals surface area contributed by atoms with Crippen LogP contribution in [0.5, 0.6) is 17.2 Å². The van der Waals surface area contributed by atoms with Crippen LogP contribution in [0.3, 0.4) is 0 Å². The third-order valence-corrected chi connectivity index (χ3v) is 17.9. The van der Waals surface area contributed by atoms with Gasteiger partial charge in [-0.15, -0.1) is 0 Å². The summed E-state index contributed by atoms with van der Waals surface area (Å²) in [7, 11) is 10.5. The number of nitro benzene ring substituents is 3. The van der Waals surface area contributed by atoms with Gasteiger partial charge in [-0.25, -0.2) is 48.3 Å². The number of nitrogens with one attached hydrogen (secondary N) is 3. The van der Waals surface area contributed by atoms with E-state index >= 15 is 0 Å². The van der Waals surface area contributed by atoms with E-state index in [0.717, 1.165) is 112 Å². The van der Waals surface area contributed by atoms with Gasteiger partial charge in [0.15, 0.2) is 53.9 Å². The Labute approximate surface area is 750 Å². The number of imidazole rings is 3. The van der Waals surface area contributed by atoms with Crippen molar-refractivity contribution in [3.8, 4) is 17.2 Å². The van der Waals surface area contributed by atoms with Crippen LogP contribution in [0, 0.1) is 58.2 Å². The molecule has 3 aliphatic rings. The Morgan fingerprint density at radius 3 is 1.00 bits per heavy atom. The molecule has 1 amide bonds. The van der Waals surface area contributed by atoms with Crippen LogP contribution in [-0.4, -0.2) is 286 Å². The smallest absolute Gasteiger partial charge is 0.419 e. The van der Waals surface area contributed by atoms with Crippen molar-refractivity contribution in [2.45, 2.75) is 163 Å². The van der Waals surface area contributed by atoms with Gasteiger partial charge in [-0.2, -0.15) is 0 Å². The highest BCUT2D eigenvalue weighted by Gasteiger charge is 2.56. The number of carboxylic acids is 1. The van der Waals surface area contributed by atoms with Crippen LogP contribution in [0.1, 0.15) is 85.9 Å². The Balaban J connectivity index is 0.000000370. The molecule has 0 unspecified atom stereocenters. The third kappa shape index (κ3) is 34.6. The minimum absolute atomic E-state index is 0.0407. The Bertz CT molecular complexity index is 4860. The maximum atomic E-state index is 12.4. The van der Waals surface area contributed by atoms with Gasteiger partial charge >= 0.3 is 89.0 Å². The second-order valence-electron chi connectivity index (χ2n) is 27.9. The first-order valence-electron chi connectivity index (χ1n) is 39.2. The molecule has 6 heterocycles. The molecule has 15 atom stereocenters. The zero-order chi connectivity index (χ0) is 98.9.